The normalized spacial score (nSPS) is 12.4. The van der Waals surface area contributed by atoms with E-state index in [4.69, 9.17) is 16.6 Å². The van der Waals surface area contributed by atoms with Crippen LogP contribution in [0.2, 0.25) is 0 Å². The molecule has 14 heavy (non-hydrogen) atoms. The molecule has 0 unspecified atom stereocenters. The van der Waals surface area contributed by atoms with Gasteiger partial charge in [0, 0.05) is 12.1 Å². The molecule has 0 radical (unpaired) electrons. The lowest BCUT2D eigenvalue weighted by molar-refractivity contribution is -0.138. The molecule has 0 spiro atoms. The average Bonchev–Trinajstić information content (AvgIpc) is 2.09. The fourth-order valence-corrected chi connectivity index (χ4v) is 1.05. The third kappa shape index (κ3) is 2.43. The summed E-state index contributed by atoms with van der Waals surface area (Å²) in [4.78, 5) is 10.4. The van der Waals surface area contributed by atoms with Gasteiger partial charge in [0.15, 0.2) is 0 Å². The molecule has 0 saturated heterocycles. The Bertz CT molecular complexity index is 355. The molecule has 0 saturated carbocycles. The molecule has 0 fully saturated rings. The second-order valence-electron chi connectivity index (χ2n) is 3.00. The predicted octanol–water partition coefficient (Wildman–Crippen LogP) is 0.362. The first-order valence-electron chi connectivity index (χ1n) is 4.03. The average molecular weight is 198 g/mol. The molecule has 5 heteroatoms. The number of hydrogen-bond donors (Lipinski definition) is 3. The summed E-state index contributed by atoms with van der Waals surface area (Å²) in [6.45, 7) is 0. The van der Waals surface area contributed by atoms with Crippen molar-refractivity contribution in [1.29, 1.82) is 0 Å². The lowest BCUT2D eigenvalue weighted by Gasteiger charge is -2.07. The highest BCUT2D eigenvalue weighted by atomic mass is 19.1. The molecule has 1 rings (SSSR count). The molecule has 0 aliphatic rings. The predicted molar refractivity (Wildman–Crippen MR) is 50.1 cm³/mol. The second-order valence-corrected chi connectivity index (χ2v) is 3.00. The second kappa shape index (κ2) is 4.06. The van der Waals surface area contributed by atoms with Crippen LogP contribution in [-0.4, -0.2) is 17.1 Å². The van der Waals surface area contributed by atoms with E-state index in [9.17, 15) is 9.18 Å². The number of carbonyl (C=O) groups is 1. The monoisotopic (exact) mass is 198 g/mol. The van der Waals surface area contributed by atoms with Gasteiger partial charge in [0.05, 0.1) is 0 Å². The highest BCUT2D eigenvalue weighted by Gasteiger charge is 2.14. The standard InChI is InChI=1S/C9H11FN2O2/c10-7-4-6(11)2-1-5(7)3-8(12)9(13)14/h1-2,4,8H,3,11-12H2,(H,13,14)/t8-/m0/s1. The van der Waals surface area contributed by atoms with E-state index in [0.717, 1.165) is 6.07 Å². The fourth-order valence-electron chi connectivity index (χ4n) is 1.05. The van der Waals surface area contributed by atoms with Gasteiger partial charge in [0.25, 0.3) is 0 Å². The maximum Gasteiger partial charge on any atom is 0.320 e. The summed E-state index contributed by atoms with van der Waals surface area (Å²) in [6.07, 6.45) is -0.0402. The van der Waals surface area contributed by atoms with Crippen molar-refractivity contribution in [2.75, 3.05) is 5.73 Å². The van der Waals surface area contributed by atoms with Crippen LogP contribution in [0.1, 0.15) is 5.56 Å². The third-order valence-electron chi connectivity index (χ3n) is 1.83. The number of nitrogen functional groups attached to an aromatic ring is 1. The zero-order valence-electron chi connectivity index (χ0n) is 7.40. The summed E-state index contributed by atoms with van der Waals surface area (Å²) in [7, 11) is 0. The van der Waals surface area contributed by atoms with Crippen molar-refractivity contribution in [3.05, 3.63) is 29.6 Å². The van der Waals surface area contributed by atoms with Crippen molar-refractivity contribution in [2.45, 2.75) is 12.5 Å². The highest BCUT2D eigenvalue weighted by molar-refractivity contribution is 5.73. The van der Waals surface area contributed by atoms with Crippen molar-refractivity contribution in [3.8, 4) is 0 Å². The van der Waals surface area contributed by atoms with Gasteiger partial charge in [-0.15, -0.1) is 0 Å². The molecule has 0 bridgehead atoms. The SMILES string of the molecule is Nc1ccc(C[C@H](N)C(=O)O)c(F)c1. The summed E-state index contributed by atoms with van der Waals surface area (Å²) in [5, 5.41) is 8.52. The zero-order chi connectivity index (χ0) is 10.7. The van der Waals surface area contributed by atoms with Crippen molar-refractivity contribution in [2.24, 2.45) is 5.73 Å². The Balaban J connectivity index is 2.82. The molecular weight excluding hydrogens is 187 g/mol. The van der Waals surface area contributed by atoms with Gasteiger partial charge in [0.1, 0.15) is 11.9 Å². The van der Waals surface area contributed by atoms with Crippen molar-refractivity contribution in [1.82, 2.24) is 0 Å². The first kappa shape index (κ1) is 10.5. The number of halogens is 1. The van der Waals surface area contributed by atoms with Gasteiger partial charge >= 0.3 is 5.97 Å². The lowest BCUT2D eigenvalue weighted by atomic mass is 10.1. The van der Waals surface area contributed by atoms with Gasteiger partial charge in [0.2, 0.25) is 0 Å². The minimum atomic E-state index is -1.15. The molecule has 0 aliphatic heterocycles. The molecule has 76 valence electrons. The Morgan fingerprint density at radius 2 is 2.21 bits per heavy atom. The van der Waals surface area contributed by atoms with Crippen LogP contribution in [0.5, 0.6) is 0 Å². The van der Waals surface area contributed by atoms with Crippen LogP contribution in [0.4, 0.5) is 10.1 Å². The zero-order valence-corrected chi connectivity index (χ0v) is 7.40. The van der Waals surface area contributed by atoms with Crippen molar-refractivity contribution < 1.29 is 14.3 Å². The number of aliphatic carboxylic acids is 1. The van der Waals surface area contributed by atoms with Crippen LogP contribution < -0.4 is 11.5 Å². The van der Waals surface area contributed by atoms with E-state index in [1.165, 1.54) is 12.1 Å². The molecule has 4 nitrogen and oxygen atoms in total. The van der Waals surface area contributed by atoms with Gasteiger partial charge in [-0.25, -0.2) is 4.39 Å². The van der Waals surface area contributed by atoms with E-state index >= 15 is 0 Å². The summed E-state index contributed by atoms with van der Waals surface area (Å²) < 4.78 is 13.1. The number of carboxylic acid groups (broad SMARTS) is 1. The Labute approximate surface area is 80.3 Å². The quantitative estimate of drug-likeness (QED) is 0.612. The summed E-state index contributed by atoms with van der Waals surface area (Å²) in [5.74, 6) is -1.68. The number of carboxylic acids is 1. The Morgan fingerprint density at radius 3 is 2.71 bits per heavy atom. The number of nitrogens with two attached hydrogens (primary N) is 2. The Morgan fingerprint density at radius 1 is 1.57 bits per heavy atom. The first-order valence-corrected chi connectivity index (χ1v) is 4.03. The van der Waals surface area contributed by atoms with Gasteiger partial charge in [-0.1, -0.05) is 6.07 Å². The summed E-state index contributed by atoms with van der Waals surface area (Å²) in [6, 6.07) is 3.00. The minimum absolute atomic E-state index is 0.0402. The highest BCUT2D eigenvalue weighted by Crippen LogP contribution is 2.13. The van der Waals surface area contributed by atoms with Crippen LogP contribution in [0, 0.1) is 5.82 Å². The van der Waals surface area contributed by atoms with E-state index in [0.29, 0.717) is 5.69 Å². The van der Waals surface area contributed by atoms with Gasteiger partial charge in [-0.05, 0) is 17.7 Å². The number of rotatable bonds is 3. The maximum atomic E-state index is 13.1. The fraction of sp³-hybridized carbons (Fsp3) is 0.222. The Hall–Kier alpha value is -1.62. The molecule has 5 N–H and O–H groups in total. The molecule has 1 aromatic rings. The molecule has 1 atom stereocenters. The summed E-state index contributed by atoms with van der Waals surface area (Å²) >= 11 is 0. The van der Waals surface area contributed by atoms with E-state index < -0.39 is 17.8 Å². The number of hydrogen-bond acceptors (Lipinski definition) is 3. The van der Waals surface area contributed by atoms with Gasteiger partial charge in [-0.3, -0.25) is 4.79 Å². The maximum absolute atomic E-state index is 13.1. The lowest BCUT2D eigenvalue weighted by Crippen LogP contribution is -2.32. The molecule has 1 aromatic carbocycles. The molecular formula is C9H11FN2O2. The van der Waals surface area contributed by atoms with Gasteiger partial charge in [-0.2, -0.15) is 0 Å². The van der Waals surface area contributed by atoms with Crippen LogP contribution in [0.15, 0.2) is 18.2 Å². The largest absolute Gasteiger partial charge is 0.480 e. The number of anilines is 1. The van der Waals surface area contributed by atoms with Crippen molar-refractivity contribution in [3.63, 3.8) is 0 Å². The van der Waals surface area contributed by atoms with Crippen LogP contribution in [0.25, 0.3) is 0 Å². The van der Waals surface area contributed by atoms with E-state index in [-0.39, 0.29) is 12.0 Å². The van der Waals surface area contributed by atoms with Crippen LogP contribution >= 0.6 is 0 Å². The smallest absolute Gasteiger partial charge is 0.320 e. The first-order chi connectivity index (χ1) is 6.50. The topological polar surface area (TPSA) is 89.3 Å². The van der Waals surface area contributed by atoms with E-state index in [2.05, 4.69) is 0 Å². The van der Waals surface area contributed by atoms with Gasteiger partial charge < -0.3 is 16.6 Å². The van der Waals surface area contributed by atoms with Crippen LogP contribution in [-0.2, 0) is 11.2 Å². The van der Waals surface area contributed by atoms with Crippen LogP contribution in [0.3, 0.4) is 0 Å². The minimum Gasteiger partial charge on any atom is -0.480 e. The molecule has 0 aliphatic carbocycles. The Kier molecular flexibility index (Phi) is 3.03. The number of benzene rings is 1. The molecule has 0 heterocycles. The summed E-state index contributed by atoms with van der Waals surface area (Å²) in [5.41, 5.74) is 11.1. The third-order valence-corrected chi connectivity index (χ3v) is 1.83. The molecule has 0 aromatic heterocycles. The van der Waals surface area contributed by atoms with E-state index in [1.807, 2.05) is 0 Å². The molecule has 0 amide bonds. The van der Waals surface area contributed by atoms with Crippen molar-refractivity contribution >= 4 is 11.7 Å². The van der Waals surface area contributed by atoms with E-state index in [1.54, 1.807) is 0 Å².